The molecule has 0 saturated heterocycles. The minimum Gasteiger partial charge on any atom is -0.432 e. The van der Waals surface area contributed by atoms with Crippen LogP contribution in [-0.4, -0.2) is 33.4 Å². The highest BCUT2D eigenvalue weighted by molar-refractivity contribution is 5.70. The van der Waals surface area contributed by atoms with Crippen LogP contribution in [0.15, 0.2) is 12.1 Å². The van der Waals surface area contributed by atoms with Gasteiger partial charge in [0.15, 0.2) is 11.6 Å². The molecule has 0 aliphatic heterocycles. The number of nitriles is 1. The molecule has 21 heavy (non-hydrogen) atoms. The molecule has 0 amide bonds. The largest absolute Gasteiger partial charge is 0.432 e. The molecule has 8 heteroatoms. The smallest absolute Gasteiger partial charge is 0.387 e. The number of nitrogen functional groups attached to an aromatic ring is 1. The molecule has 116 valence electrons. The summed E-state index contributed by atoms with van der Waals surface area (Å²) in [6.45, 7) is -2.11. The van der Waals surface area contributed by atoms with Crippen molar-refractivity contribution in [2.45, 2.75) is 13.0 Å². The van der Waals surface area contributed by atoms with Gasteiger partial charge < -0.3 is 20.1 Å². The van der Waals surface area contributed by atoms with E-state index in [0.717, 1.165) is 12.1 Å². The summed E-state index contributed by atoms with van der Waals surface area (Å²) in [4.78, 5) is 1.65. The van der Waals surface area contributed by atoms with Gasteiger partial charge in [0.05, 0.1) is 30.5 Å². The number of halogens is 3. The van der Waals surface area contributed by atoms with Crippen LogP contribution < -0.4 is 15.4 Å². The molecule has 1 rings (SSSR count). The van der Waals surface area contributed by atoms with E-state index in [4.69, 9.17) is 15.7 Å². The van der Waals surface area contributed by atoms with Crippen LogP contribution in [0.3, 0.4) is 0 Å². The first-order chi connectivity index (χ1) is 9.99. The molecule has 0 spiro atoms. The van der Waals surface area contributed by atoms with Crippen molar-refractivity contribution in [3.05, 3.63) is 17.9 Å². The van der Waals surface area contributed by atoms with Gasteiger partial charge in [-0.25, -0.2) is 4.39 Å². The van der Waals surface area contributed by atoms with Gasteiger partial charge in [-0.3, -0.25) is 0 Å². The molecule has 0 fully saturated rings. The lowest BCUT2D eigenvalue weighted by Gasteiger charge is -2.25. The Morgan fingerprint density at radius 2 is 2.10 bits per heavy atom. The molecule has 0 unspecified atom stereocenters. The number of nitrogens with two attached hydrogens (primary N) is 1. The van der Waals surface area contributed by atoms with Crippen molar-refractivity contribution in [1.29, 1.82) is 5.26 Å². The zero-order valence-corrected chi connectivity index (χ0v) is 11.5. The van der Waals surface area contributed by atoms with Gasteiger partial charge in [-0.15, -0.1) is 0 Å². The minimum absolute atomic E-state index is 0.0724. The van der Waals surface area contributed by atoms with Crippen molar-refractivity contribution in [2.24, 2.45) is 0 Å². The first kappa shape index (κ1) is 16.9. The fourth-order valence-electron chi connectivity index (χ4n) is 1.76. The summed E-state index contributed by atoms with van der Waals surface area (Å²) in [6, 6.07) is 3.99. The van der Waals surface area contributed by atoms with Crippen LogP contribution in [0.5, 0.6) is 5.75 Å². The van der Waals surface area contributed by atoms with Gasteiger partial charge in [-0.05, 0) is 0 Å². The summed E-state index contributed by atoms with van der Waals surface area (Å²) in [5.74, 6) is -1.56. The Hall–Kier alpha value is -2.14. The Morgan fingerprint density at radius 1 is 1.38 bits per heavy atom. The highest BCUT2D eigenvalue weighted by Crippen LogP contribution is 2.32. The molecule has 0 atom stereocenters. The third kappa shape index (κ3) is 5.04. The Bertz CT molecular complexity index is 506. The summed E-state index contributed by atoms with van der Waals surface area (Å²) in [6.07, 6.45) is 0.200. The van der Waals surface area contributed by atoms with Gasteiger partial charge >= 0.3 is 6.61 Å². The molecule has 5 nitrogen and oxygen atoms in total. The SMILES string of the molecule is COCCN(CCC#N)c1cc(OC(F)F)c(F)cc1N. The first-order valence-electron chi connectivity index (χ1n) is 6.14. The standard InChI is InChI=1S/C13H16F3N3O2/c1-20-6-5-19(4-2-3-17)11-8-12(21-13(15)16)9(14)7-10(11)18/h7-8,13H,2,4-6,18H2,1H3. The fraction of sp³-hybridized carbons (Fsp3) is 0.462. The van der Waals surface area contributed by atoms with E-state index in [1.54, 1.807) is 4.90 Å². The third-order valence-corrected chi connectivity index (χ3v) is 2.70. The van der Waals surface area contributed by atoms with E-state index in [-0.39, 0.29) is 12.1 Å². The zero-order chi connectivity index (χ0) is 15.8. The van der Waals surface area contributed by atoms with Crippen molar-refractivity contribution < 1.29 is 22.6 Å². The van der Waals surface area contributed by atoms with Crippen molar-refractivity contribution in [2.75, 3.05) is 37.4 Å². The molecule has 0 saturated carbocycles. The van der Waals surface area contributed by atoms with Crippen LogP contribution in [0, 0.1) is 17.1 Å². The maximum absolute atomic E-state index is 13.5. The Morgan fingerprint density at radius 3 is 2.67 bits per heavy atom. The molecule has 0 bridgehead atoms. The van der Waals surface area contributed by atoms with Crippen molar-refractivity contribution in [1.82, 2.24) is 0 Å². The number of nitrogens with zero attached hydrogens (tertiary/aromatic N) is 2. The molecule has 2 N–H and O–H groups in total. The lowest BCUT2D eigenvalue weighted by molar-refractivity contribution is -0.0521. The van der Waals surface area contributed by atoms with Gasteiger partial charge in [0, 0.05) is 32.3 Å². The fourth-order valence-corrected chi connectivity index (χ4v) is 1.76. The second kappa shape index (κ2) is 8.21. The highest BCUT2D eigenvalue weighted by Gasteiger charge is 2.17. The summed E-state index contributed by atoms with van der Waals surface area (Å²) in [5.41, 5.74) is 6.11. The van der Waals surface area contributed by atoms with Gasteiger partial charge in [0.2, 0.25) is 0 Å². The molecule has 1 aromatic rings. The second-order valence-electron chi connectivity index (χ2n) is 4.11. The molecular formula is C13H16F3N3O2. The first-order valence-corrected chi connectivity index (χ1v) is 6.14. The van der Waals surface area contributed by atoms with Crippen LogP contribution in [0.25, 0.3) is 0 Å². The van der Waals surface area contributed by atoms with Gasteiger partial charge in [0.1, 0.15) is 0 Å². The van der Waals surface area contributed by atoms with E-state index < -0.39 is 18.2 Å². The number of hydrogen-bond donors (Lipinski definition) is 1. The van der Waals surface area contributed by atoms with E-state index in [1.807, 2.05) is 6.07 Å². The summed E-state index contributed by atoms with van der Waals surface area (Å²) in [5, 5.41) is 8.65. The van der Waals surface area contributed by atoms with Gasteiger partial charge in [-0.2, -0.15) is 14.0 Å². The summed E-state index contributed by atoms with van der Waals surface area (Å²) >= 11 is 0. The van der Waals surface area contributed by atoms with E-state index in [2.05, 4.69) is 4.74 Å². The molecule has 1 aromatic carbocycles. The molecule has 0 radical (unpaired) electrons. The predicted octanol–water partition coefficient (Wildman–Crippen LogP) is 2.38. The molecule has 0 heterocycles. The van der Waals surface area contributed by atoms with Crippen LogP contribution in [-0.2, 0) is 4.74 Å². The third-order valence-electron chi connectivity index (χ3n) is 2.70. The number of rotatable bonds is 8. The van der Waals surface area contributed by atoms with E-state index >= 15 is 0 Å². The molecule has 0 aliphatic rings. The van der Waals surface area contributed by atoms with Crippen molar-refractivity contribution in [3.8, 4) is 11.8 Å². The summed E-state index contributed by atoms with van der Waals surface area (Å²) < 4.78 is 47.1. The average molecular weight is 303 g/mol. The number of benzene rings is 1. The van der Waals surface area contributed by atoms with Crippen LogP contribution >= 0.6 is 0 Å². The normalized spacial score (nSPS) is 10.5. The second-order valence-corrected chi connectivity index (χ2v) is 4.11. The Kier molecular flexibility index (Phi) is 6.62. The number of hydrogen-bond acceptors (Lipinski definition) is 5. The number of ether oxygens (including phenoxy) is 2. The van der Waals surface area contributed by atoms with Gasteiger partial charge in [-0.1, -0.05) is 0 Å². The molecule has 0 aromatic heterocycles. The maximum Gasteiger partial charge on any atom is 0.387 e. The topological polar surface area (TPSA) is 71.5 Å². The summed E-state index contributed by atoms with van der Waals surface area (Å²) in [7, 11) is 1.50. The average Bonchev–Trinajstić information content (AvgIpc) is 2.42. The zero-order valence-electron chi connectivity index (χ0n) is 11.5. The van der Waals surface area contributed by atoms with Gasteiger partial charge in [0.25, 0.3) is 0 Å². The Labute approximate surface area is 120 Å². The lowest BCUT2D eigenvalue weighted by atomic mass is 10.2. The van der Waals surface area contributed by atoms with Crippen LogP contribution in [0.2, 0.25) is 0 Å². The molecule has 0 aliphatic carbocycles. The predicted molar refractivity (Wildman–Crippen MR) is 71.8 cm³/mol. The quantitative estimate of drug-likeness (QED) is 0.747. The minimum atomic E-state index is -3.14. The van der Waals surface area contributed by atoms with Crippen molar-refractivity contribution >= 4 is 11.4 Å². The highest BCUT2D eigenvalue weighted by atomic mass is 19.3. The lowest BCUT2D eigenvalue weighted by Crippen LogP contribution is -2.29. The number of methoxy groups -OCH3 is 1. The van der Waals surface area contributed by atoms with E-state index in [1.165, 1.54) is 7.11 Å². The van der Waals surface area contributed by atoms with Crippen molar-refractivity contribution in [3.63, 3.8) is 0 Å². The molecular weight excluding hydrogens is 287 g/mol. The van der Waals surface area contributed by atoms with Crippen LogP contribution in [0.1, 0.15) is 6.42 Å². The Balaban J connectivity index is 3.07. The van der Waals surface area contributed by atoms with E-state index in [9.17, 15) is 13.2 Å². The number of anilines is 2. The van der Waals surface area contributed by atoms with Crippen LogP contribution in [0.4, 0.5) is 24.5 Å². The number of alkyl halides is 2. The maximum atomic E-state index is 13.5. The monoisotopic (exact) mass is 303 g/mol. The van der Waals surface area contributed by atoms with E-state index in [0.29, 0.717) is 25.4 Å².